The third-order valence-electron chi connectivity index (χ3n) is 6.74. The molecule has 0 fully saturated rings. The third-order valence-corrected chi connectivity index (χ3v) is 7.01. The smallest absolute Gasteiger partial charge is 0.138 e. The number of unbranched alkanes of at least 4 members (excludes halogenated alkanes) is 15. The van der Waals surface area contributed by atoms with Crippen LogP contribution in [0.15, 0.2) is 18.2 Å². The van der Waals surface area contributed by atoms with E-state index in [1.807, 2.05) is 12.1 Å². The maximum absolute atomic E-state index is 5.85. The molecular weight excluding hydrogens is 436 g/mol. The molecule has 0 unspecified atom stereocenters. The van der Waals surface area contributed by atoms with Crippen molar-refractivity contribution in [2.24, 2.45) is 0 Å². The highest BCUT2D eigenvalue weighted by Gasteiger charge is 2.03. The molecule has 0 atom stereocenters. The zero-order valence-corrected chi connectivity index (χ0v) is 23.5. The molecular formula is C30H54N2OS. The maximum Gasteiger partial charge on any atom is 0.138 e. The van der Waals surface area contributed by atoms with E-state index in [4.69, 9.17) is 17.0 Å². The van der Waals surface area contributed by atoms with E-state index in [2.05, 4.69) is 37.5 Å². The lowest BCUT2D eigenvalue weighted by atomic mass is 10.0. The van der Waals surface area contributed by atoms with Crippen molar-refractivity contribution in [2.75, 3.05) is 26.2 Å². The first-order valence-corrected chi connectivity index (χ1v) is 14.7. The predicted octanol–water partition coefficient (Wildman–Crippen LogP) is 8.45. The molecule has 0 saturated carbocycles. The van der Waals surface area contributed by atoms with E-state index in [1.54, 1.807) is 0 Å². The fourth-order valence-corrected chi connectivity index (χ4v) is 4.45. The molecule has 0 aliphatic heterocycles. The van der Waals surface area contributed by atoms with Crippen LogP contribution in [0.4, 0.5) is 0 Å². The summed E-state index contributed by atoms with van der Waals surface area (Å²) >= 11 is 5.39. The molecule has 0 saturated heterocycles. The summed E-state index contributed by atoms with van der Waals surface area (Å²) in [5, 5.41) is 6.81. The van der Waals surface area contributed by atoms with Gasteiger partial charge in [0.2, 0.25) is 0 Å². The van der Waals surface area contributed by atoms with Crippen LogP contribution in [0.2, 0.25) is 0 Å². The molecule has 0 aliphatic rings. The Hall–Kier alpha value is -1.13. The molecule has 0 aliphatic carbocycles. The Labute approximate surface area is 217 Å². The van der Waals surface area contributed by atoms with E-state index >= 15 is 0 Å². The van der Waals surface area contributed by atoms with Crippen LogP contribution in [0.1, 0.15) is 121 Å². The fraction of sp³-hybridized carbons (Fsp3) is 0.767. The number of nitrogens with one attached hydrogen (secondary N) is 2. The number of thiocarbonyl (C=S) groups is 1. The van der Waals surface area contributed by atoms with E-state index in [0.29, 0.717) is 6.61 Å². The normalized spacial score (nSPS) is 11.0. The number of hydrogen-bond donors (Lipinski definition) is 2. The van der Waals surface area contributed by atoms with Gasteiger partial charge in [0.05, 0.1) is 0 Å². The molecule has 0 amide bonds. The molecule has 34 heavy (non-hydrogen) atoms. The quantitative estimate of drug-likeness (QED) is 0.119. The summed E-state index contributed by atoms with van der Waals surface area (Å²) in [4.78, 5) is 0.769. The third kappa shape index (κ3) is 17.3. The van der Waals surface area contributed by atoms with Crippen LogP contribution >= 0.6 is 12.2 Å². The Bertz CT molecular complexity index is 620. The number of benzene rings is 1. The highest BCUT2D eigenvalue weighted by molar-refractivity contribution is 7.80. The fourth-order valence-electron chi connectivity index (χ4n) is 4.29. The van der Waals surface area contributed by atoms with Gasteiger partial charge < -0.3 is 15.4 Å². The number of ether oxygens (including phenoxy) is 1. The van der Waals surface area contributed by atoms with E-state index in [0.717, 1.165) is 30.4 Å². The van der Waals surface area contributed by atoms with Gasteiger partial charge in [0.15, 0.2) is 0 Å². The number of aryl methyl sites for hydroxylation is 1. The zero-order valence-electron chi connectivity index (χ0n) is 22.7. The first kappa shape index (κ1) is 30.9. The average Bonchev–Trinajstić information content (AvgIpc) is 2.83. The van der Waals surface area contributed by atoms with Gasteiger partial charge >= 0.3 is 0 Å². The molecule has 2 N–H and O–H groups in total. The molecule has 0 heterocycles. The summed E-state index contributed by atoms with van der Waals surface area (Å²) in [6.07, 6.45) is 22.7. The van der Waals surface area contributed by atoms with Crippen LogP contribution < -0.4 is 15.4 Å². The van der Waals surface area contributed by atoms with Gasteiger partial charge in [-0.25, -0.2) is 0 Å². The molecule has 1 aromatic carbocycles. The van der Waals surface area contributed by atoms with Crippen LogP contribution in [0.5, 0.6) is 5.75 Å². The standard InChI is InChI=1S/C30H54N2OS/c1-4-5-6-7-8-9-10-11-12-13-14-15-16-17-18-19-23-31-24-25-32-30(34)26-33-29-22-20-21-27(2)28(29)3/h20-22,31H,4-19,23-26H2,1-3H3,(H,32,34). The monoisotopic (exact) mass is 490 g/mol. The van der Waals surface area contributed by atoms with Crippen LogP contribution in [-0.2, 0) is 0 Å². The van der Waals surface area contributed by atoms with Crippen LogP contribution in [0.25, 0.3) is 0 Å². The molecule has 4 heteroatoms. The van der Waals surface area contributed by atoms with Crippen molar-refractivity contribution in [1.29, 1.82) is 0 Å². The van der Waals surface area contributed by atoms with Crippen molar-refractivity contribution >= 4 is 17.2 Å². The second-order valence-electron chi connectivity index (χ2n) is 9.89. The maximum atomic E-state index is 5.85. The highest BCUT2D eigenvalue weighted by Crippen LogP contribution is 2.20. The zero-order chi connectivity index (χ0) is 24.7. The summed E-state index contributed by atoms with van der Waals surface area (Å²) < 4.78 is 5.85. The minimum absolute atomic E-state index is 0.443. The van der Waals surface area contributed by atoms with E-state index in [-0.39, 0.29) is 0 Å². The van der Waals surface area contributed by atoms with Crippen LogP contribution in [0.3, 0.4) is 0 Å². The lowest BCUT2D eigenvalue weighted by Crippen LogP contribution is -2.34. The Balaban J connectivity index is 1.78. The summed E-state index contributed by atoms with van der Waals surface area (Å²) in [6.45, 7) is 9.83. The molecule has 1 aromatic rings. The molecule has 0 bridgehead atoms. The minimum atomic E-state index is 0.443. The summed E-state index contributed by atoms with van der Waals surface area (Å²) in [5.74, 6) is 0.922. The SMILES string of the molecule is CCCCCCCCCCCCCCCCCCNCCNC(=S)COc1cccc(C)c1C. The minimum Gasteiger partial charge on any atom is -0.486 e. The van der Waals surface area contributed by atoms with Crippen molar-refractivity contribution in [3.8, 4) is 5.75 Å². The van der Waals surface area contributed by atoms with Gasteiger partial charge in [-0.2, -0.15) is 0 Å². The summed E-state index contributed by atoms with van der Waals surface area (Å²) in [7, 11) is 0. The van der Waals surface area contributed by atoms with Gasteiger partial charge in [-0.1, -0.05) is 128 Å². The van der Waals surface area contributed by atoms with E-state index in [9.17, 15) is 0 Å². The lowest BCUT2D eigenvalue weighted by molar-refractivity contribution is 0.371. The lowest BCUT2D eigenvalue weighted by Gasteiger charge is -2.13. The summed E-state index contributed by atoms with van der Waals surface area (Å²) in [5.41, 5.74) is 2.43. The number of hydrogen-bond acceptors (Lipinski definition) is 3. The van der Waals surface area contributed by atoms with Crippen molar-refractivity contribution in [3.05, 3.63) is 29.3 Å². The Morgan fingerprint density at radius 2 is 1.24 bits per heavy atom. The van der Waals surface area contributed by atoms with Gasteiger partial charge in [0.1, 0.15) is 17.3 Å². The second-order valence-corrected chi connectivity index (χ2v) is 10.4. The Morgan fingerprint density at radius 1 is 0.706 bits per heavy atom. The van der Waals surface area contributed by atoms with Crippen LogP contribution in [-0.4, -0.2) is 31.2 Å². The van der Waals surface area contributed by atoms with E-state index in [1.165, 1.54) is 114 Å². The predicted molar refractivity (Wildman–Crippen MR) is 154 cm³/mol. The van der Waals surface area contributed by atoms with Gasteiger partial charge in [-0.3, -0.25) is 0 Å². The largest absolute Gasteiger partial charge is 0.486 e. The first-order valence-electron chi connectivity index (χ1n) is 14.3. The van der Waals surface area contributed by atoms with Crippen molar-refractivity contribution < 1.29 is 4.74 Å². The highest BCUT2D eigenvalue weighted by atomic mass is 32.1. The molecule has 0 radical (unpaired) electrons. The molecule has 3 nitrogen and oxygen atoms in total. The van der Waals surface area contributed by atoms with Crippen molar-refractivity contribution in [2.45, 2.75) is 124 Å². The summed E-state index contributed by atoms with van der Waals surface area (Å²) in [6, 6.07) is 6.13. The molecule has 0 spiro atoms. The molecule has 0 aromatic heterocycles. The number of rotatable bonds is 23. The topological polar surface area (TPSA) is 33.3 Å². The van der Waals surface area contributed by atoms with Crippen molar-refractivity contribution in [3.63, 3.8) is 0 Å². The molecule has 196 valence electrons. The van der Waals surface area contributed by atoms with Gasteiger partial charge in [-0.05, 0) is 44.0 Å². The second kappa shape index (κ2) is 22.3. The van der Waals surface area contributed by atoms with Crippen molar-refractivity contribution in [1.82, 2.24) is 10.6 Å². The van der Waals surface area contributed by atoms with E-state index < -0.39 is 0 Å². The van der Waals surface area contributed by atoms with Gasteiger partial charge in [-0.15, -0.1) is 0 Å². The van der Waals surface area contributed by atoms with Crippen LogP contribution in [0, 0.1) is 13.8 Å². The van der Waals surface area contributed by atoms with Gasteiger partial charge in [0.25, 0.3) is 0 Å². The van der Waals surface area contributed by atoms with Gasteiger partial charge in [0, 0.05) is 13.1 Å². The Kier molecular flexibility index (Phi) is 20.3. The molecule has 1 rings (SSSR count). The average molecular weight is 491 g/mol. The Morgan fingerprint density at radius 3 is 1.79 bits per heavy atom. The first-order chi connectivity index (χ1) is 16.6.